The molecule has 0 aliphatic carbocycles. The van der Waals surface area contributed by atoms with Crippen molar-refractivity contribution in [3.63, 3.8) is 0 Å². The van der Waals surface area contributed by atoms with Gasteiger partial charge in [-0.2, -0.15) is 0 Å². The van der Waals surface area contributed by atoms with Gasteiger partial charge in [0.05, 0.1) is 6.61 Å². The third kappa shape index (κ3) is 2.64. The summed E-state index contributed by atoms with van der Waals surface area (Å²) in [7, 11) is 0. The zero-order chi connectivity index (χ0) is 13.9. The number of aromatic nitrogens is 1. The maximum Gasteiger partial charge on any atom is 0.232 e. The fourth-order valence-corrected chi connectivity index (χ4v) is 2.08. The van der Waals surface area contributed by atoms with E-state index in [4.69, 9.17) is 30.9 Å². The normalized spacial score (nSPS) is 12.5. The topological polar surface area (TPSA) is 60.8 Å². The first-order valence-corrected chi connectivity index (χ1v) is 6.40. The summed E-state index contributed by atoms with van der Waals surface area (Å²) in [6.07, 6.45) is 1.53. The van der Waals surface area contributed by atoms with Crippen molar-refractivity contribution in [2.75, 3.05) is 6.79 Å². The molecule has 2 heterocycles. The summed E-state index contributed by atoms with van der Waals surface area (Å²) >= 11 is 6.02. The van der Waals surface area contributed by atoms with E-state index in [0.717, 1.165) is 11.3 Å². The molecule has 0 amide bonds. The van der Waals surface area contributed by atoms with Crippen LogP contribution in [0.15, 0.2) is 30.5 Å². The van der Waals surface area contributed by atoms with Gasteiger partial charge in [0, 0.05) is 6.20 Å². The molecule has 0 unspecified atom stereocenters. The number of aliphatic hydroxyl groups excluding tert-OH is 1. The summed E-state index contributed by atoms with van der Waals surface area (Å²) in [6, 6.07) is 7.22. The molecule has 2 aromatic rings. The van der Waals surface area contributed by atoms with Crippen LogP contribution in [0.1, 0.15) is 11.1 Å². The second-order valence-corrected chi connectivity index (χ2v) is 4.67. The van der Waals surface area contributed by atoms with E-state index >= 15 is 0 Å². The lowest BCUT2D eigenvalue weighted by Crippen LogP contribution is -1.99. The molecule has 20 heavy (non-hydrogen) atoms. The Balaban J connectivity index is 1.70. The fraction of sp³-hybridized carbons (Fsp3) is 0.214. The summed E-state index contributed by atoms with van der Waals surface area (Å²) in [5, 5.41) is 9.36. The van der Waals surface area contributed by atoms with Crippen molar-refractivity contribution in [1.82, 2.24) is 4.98 Å². The molecule has 0 spiro atoms. The Bertz CT molecular complexity index is 633. The summed E-state index contributed by atoms with van der Waals surface area (Å²) < 4.78 is 16.1. The highest BCUT2D eigenvalue weighted by atomic mass is 35.5. The number of fused-ring (bicyclic) bond motifs is 1. The molecule has 5 nitrogen and oxygen atoms in total. The zero-order valence-corrected chi connectivity index (χ0v) is 11.3. The van der Waals surface area contributed by atoms with Gasteiger partial charge in [-0.1, -0.05) is 17.7 Å². The number of aliphatic hydroxyl groups is 1. The smallest absolute Gasteiger partial charge is 0.232 e. The van der Waals surface area contributed by atoms with Crippen LogP contribution in [0.4, 0.5) is 0 Å². The van der Waals surface area contributed by atoms with E-state index in [2.05, 4.69) is 4.98 Å². The quantitative estimate of drug-likeness (QED) is 0.938. The number of hydrogen-bond acceptors (Lipinski definition) is 5. The number of ether oxygens (including phenoxy) is 3. The number of pyridine rings is 1. The van der Waals surface area contributed by atoms with Gasteiger partial charge in [0.15, 0.2) is 11.5 Å². The van der Waals surface area contributed by atoms with E-state index in [9.17, 15) is 0 Å². The van der Waals surface area contributed by atoms with E-state index in [1.54, 1.807) is 6.07 Å². The summed E-state index contributed by atoms with van der Waals surface area (Å²) in [5.74, 6) is 1.78. The Kier molecular flexibility index (Phi) is 3.62. The Morgan fingerprint density at radius 3 is 2.85 bits per heavy atom. The number of halogens is 1. The lowest BCUT2D eigenvalue weighted by atomic mass is 10.2. The van der Waals surface area contributed by atoms with Crippen LogP contribution in [0.3, 0.4) is 0 Å². The average molecular weight is 294 g/mol. The predicted octanol–water partition coefficient (Wildman–Crippen LogP) is 2.54. The summed E-state index contributed by atoms with van der Waals surface area (Å²) in [6.45, 7) is 0.465. The first-order chi connectivity index (χ1) is 9.76. The van der Waals surface area contributed by atoms with Gasteiger partial charge in [-0.15, -0.1) is 0 Å². The monoisotopic (exact) mass is 293 g/mol. The Morgan fingerprint density at radius 2 is 2.05 bits per heavy atom. The van der Waals surface area contributed by atoms with Gasteiger partial charge in [-0.05, 0) is 29.3 Å². The number of hydrogen-bond donors (Lipinski definition) is 1. The van der Waals surface area contributed by atoms with Gasteiger partial charge in [0.1, 0.15) is 11.6 Å². The van der Waals surface area contributed by atoms with Crippen molar-refractivity contribution in [3.05, 3.63) is 46.6 Å². The predicted molar refractivity (Wildman–Crippen MR) is 72.1 cm³/mol. The minimum atomic E-state index is -0.102. The largest absolute Gasteiger partial charge is 0.472 e. The highest BCUT2D eigenvalue weighted by Crippen LogP contribution is 2.33. The molecule has 1 N–H and O–H groups in total. The van der Waals surface area contributed by atoms with Crippen LogP contribution < -0.4 is 14.2 Å². The van der Waals surface area contributed by atoms with Crippen LogP contribution in [0, 0.1) is 0 Å². The van der Waals surface area contributed by atoms with E-state index in [1.807, 2.05) is 18.2 Å². The molecule has 0 radical (unpaired) electrons. The summed E-state index contributed by atoms with van der Waals surface area (Å²) in [5.41, 5.74) is 1.57. The Hall–Kier alpha value is -1.98. The number of nitrogens with zero attached hydrogens (tertiary/aromatic N) is 1. The maximum atomic E-state index is 8.99. The van der Waals surface area contributed by atoms with Gasteiger partial charge in [0.25, 0.3) is 0 Å². The Labute approximate surface area is 120 Å². The first-order valence-electron chi connectivity index (χ1n) is 6.03. The van der Waals surface area contributed by atoms with Crippen LogP contribution in [0.5, 0.6) is 17.4 Å². The third-order valence-corrected chi connectivity index (χ3v) is 3.13. The minimum absolute atomic E-state index is 0.102. The van der Waals surface area contributed by atoms with Gasteiger partial charge in [0.2, 0.25) is 12.7 Å². The second-order valence-electron chi connectivity index (χ2n) is 4.26. The minimum Gasteiger partial charge on any atom is -0.472 e. The van der Waals surface area contributed by atoms with E-state index < -0.39 is 0 Å². The summed E-state index contributed by atoms with van der Waals surface area (Å²) in [4.78, 5) is 4.07. The average Bonchev–Trinajstić information content (AvgIpc) is 2.93. The lowest BCUT2D eigenvalue weighted by Gasteiger charge is -2.08. The van der Waals surface area contributed by atoms with Crippen molar-refractivity contribution in [2.24, 2.45) is 0 Å². The van der Waals surface area contributed by atoms with Crippen molar-refractivity contribution in [3.8, 4) is 17.4 Å². The molecule has 0 saturated carbocycles. The molecule has 1 aliphatic rings. The first kappa shape index (κ1) is 13.0. The molecule has 6 heteroatoms. The van der Waals surface area contributed by atoms with Crippen LogP contribution >= 0.6 is 11.6 Å². The standard InChI is InChI=1S/C14H12ClNO4/c15-11-3-10(6-17)5-16-14(11)18-7-9-1-2-12-13(4-9)20-8-19-12/h1-5,17H,6-8H2. The molecule has 0 atom stereocenters. The lowest BCUT2D eigenvalue weighted by molar-refractivity contribution is 0.174. The molecule has 1 aromatic heterocycles. The fourth-order valence-electron chi connectivity index (χ4n) is 1.84. The maximum absolute atomic E-state index is 8.99. The molecule has 104 valence electrons. The molecule has 0 bridgehead atoms. The van der Waals surface area contributed by atoms with Gasteiger partial charge in [-0.25, -0.2) is 4.98 Å². The van der Waals surface area contributed by atoms with Crippen molar-refractivity contribution in [2.45, 2.75) is 13.2 Å². The molecule has 0 saturated heterocycles. The van der Waals surface area contributed by atoms with E-state index in [0.29, 0.717) is 28.8 Å². The van der Waals surface area contributed by atoms with Crippen LogP contribution in [-0.2, 0) is 13.2 Å². The van der Waals surface area contributed by atoms with Crippen LogP contribution in [0.25, 0.3) is 0 Å². The van der Waals surface area contributed by atoms with Crippen LogP contribution in [-0.4, -0.2) is 16.9 Å². The van der Waals surface area contributed by atoms with Gasteiger partial charge >= 0.3 is 0 Å². The van der Waals surface area contributed by atoms with Gasteiger partial charge in [-0.3, -0.25) is 0 Å². The van der Waals surface area contributed by atoms with Crippen molar-refractivity contribution in [1.29, 1.82) is 0 Å². The second kappa shape index (κ2) is 5.56. The molecular formula is C14H12ClNO4. The SMILES string of the molecule is OCc1cnc(OCc2ccc3c(c2)OCO3)c(Cl)c1. The molecular weight excluding hydrogens is 282 g/mol. The van der Waals surface area contributed by atoms with Gasteiger partial charge < -0.3 is 19.3 Å². The zero-order valence-electron chi connectivity index (χ0n) is 10.5. The highest BCUT2D eigenvalue weighted by Gasteiger charge is 2.13. The molecule has 1 aliphatic heterocycles. The Morgan fingerprint density at radius 1 is 1.20 bits per heavy atom. The molecule has 1 aromatic carbocycles. The molecule has 0 fully saturated rings. The van der Waals surface area contributed by atoms with E-state index in [1.165, 1.54) is 6.20 Å². The third-order valence-electron chi connectivity index (χ3n) is 2.86. The number of benzene rings is 1. The van der Waals surface area contributed by atoms with E-state index in [-0.39, 0.29) is 13.4 Å². The van der Waals surface area contributed by atoms with Crippen molar-refractivity contribution < 1.29 is 19.3 Å². The molecule has 3 rings (SSSR count). The highest BCUT2D eigenvalue weighted by molar-refractivity contribution is 6.31. The van der Waals surface area contributed by atoms with Crippen molar-refractivity contribution >= 4 is 11.6 Å². The van der Waals surface area contributed by atoms with Crippen LogP contribution in [0.2, 0.25) is 5.02 Å². The number of rotatable bonds is 4.